The van der Waals surface area contributed by atoms with Gasteiger partial charge in [0.05, 0.1) is 13.4 Å². The van der Waals surface area contributed by atoms with Crippen LogP contribution in [0.2, 0.25) is 0 Å². The van der Waals surface area contributed by atoms with Crippen LogP contribution in [-0.2, 0) is 9.53 Å². The molecule has 4 heteroatoms. The molecular formula is C7H14N2O2. The van der Waals surface area contributed by atoms with E-state index in [2.05, 4.69) is 9.73 Å². The van der Waals surface area contributed by atoms with Crippen LogP contribution in [0.5, 0.6) is 0 Å². The fraction of sp³-hybridized carbons (Fsp3) is 0.714. The second-order valence-electron chi connectivity index (χ2n) is 2.43. The van der Waals surface area contributed by atoms with E-state index in [-0.39, 0.29) is 5.97 Å². The lowest BCUT2D eigenvalue weighted by atomic mass is 10.4. The van der Waals surface area contributed by atoms with Gasteiger partial charge in [-0.15, -0.1) is 0 Å². The number of esters is 1. The third-order valence-corrected chi connectivity index (χ3v) is 1.06. The summed E-state index contributed by atoms with van der Waals surface area (Å²) in [6, 6.07) is -0.414. The van der Waals surface area contributed by atoms with Crippen molar-refractivity contribution in [3.63, 3.8) is 0 Å². The third-order valence-electron chi connectivity index (χ3n) is 1.06. The van der Waals surface area contributed by atoms with E-state index in [0.29, 0.717) is 0 Å². The SMILES string of the molecule is COC(=O)[C@H](C)N=CN(C)C. The highest BCUT2D eigenvalue weighted by atomic mass is 16.5. The van der Waals surface area contributed by atoms with E-state index in [0.717, 1.165) is 0 Å². The number of carbonyl (C=O) groups excluding carboxylic acids is 1. The summed E-state index contributed by atoms with van der Waals surface area (Å²) >= 11 is 0. The summed E-state index contributed by atoms with van der Waals surface area (Å²) in [5.41, 5.74) is 0. The van der Waals surface area contributed by atoms with Crippen molar-refractivity contribution in [3.05, 3.63) is 0 Å². The summed E-state index contributed by atoms with van der Waals surface area (Å²) in [4.78, 5) is 16.5. The molecular weight excluding hydrogens is 144 g/mol. The summed E-state index contributed by atoms with van der Waals surface area (Å²) < 4.78 is 4.47. The smallest absolute Gasteiger partial charge is 0.330 e. The van der Waals surface area contributed by atoms with Crippen LogP contribution in [-0.4, -0.2) is 44.5 Å². The normalized spacial score (nSPS) is 13.1. The molecule has 4 nitrogen and oxygen atoms in total. The fourth-order valence-corrected chi connectivity index (χ4v) is 0.465. The number of methoxy groups -OCH3 is 1. The van der Waals surface area contributed by atoms with Crippen molar-refractivity contribution in [1.29, 1.82) is 0 Å². The molecule has 0 fully saturated rings. The number of hydrogen-bond acceptors (Lipinski definition) is 3. The van der Waals surface area contributed by atoms with Crippen LogP contribution in [0.3, 0.4) is 0 Å². The monoisotopic (exact) mass is 158 g/mol. The third kappa shape index (κ3) is 4.36. The molecule has 0 aromatic carbocycles. The van der Waals surface area contributed by atoms with Crippen LogP contribution in [0.4, 0.5) is 0 Å². The molecule has 0 spiro atoms. The Morgan fingerprint density at radius 3 is 2.55 bits per heavy atom. The molecule has 0 saturated carbocycles. The Balaban J connectivity index is 3.86. The molecule has 0 amide bonds. The highest BCUT2D eigenvalue weighted by Gasteiger charge is 2.09. The van der Waals surface area contributed by atoms with E-state index in [9.17, 15) is 4.79 Å². The van der Waals surface area contributed by atoms with Crippen LogP contribution < -0.4 is 0 Å². The minimum Gasteiger partial charge on any atom is -0.467 e. The average molecular weight is 158 g/mol. The second-order valence-corrected chi connectivity index (χ2v) is 2.43. The summed E-state index contributed by atoms with van der Waals surface area (Å²) in [7, 11) is 5.03. The molecule has 0 saturated heterocycles. The largest absolute Gasteiger partial charge is 0.467 e. The van der Waals surface area contributed by atoms with Crippen molar-refractivity contribution in [1.82, 2.24) is 4.90 Å². The van der Waals surface area contributed by atoms with Crippen molar-refractivity contribution >= 4 is 12.3 Å². The van der Waals surface area contributed by atoms with Crippen molar-refractivity contribution in [2.75, 3.05) is 21.2 Å². The molecule has 0 heterocycles. The van der Waals surface area contributed by atoms with Crippen molar-refractivity contribution in [2.45, 2.75) is 13.0 Å². The molecule has 0 N–H and O–H groups in total. The van der Waals surface area contributed by atoms with Crippen molar-refractivity contribution in [2.24, 2.45) is 4.99 Å². The maximum absolute atomic E-state index is 10.8. The van der Waals surface area contributed by atoms with Gasteiger partial charge in [-0.2, -0.15) is 0 Å². The minimum atomic E-state index is -0.414. The quantitative estimate of drug-likeness (QED) is 0.333. The maximum atomic E-state index is 10.8. The van der Waals surface area contributed by atoms with Crippen LogP contribution in [0.15, 0.2) is 4.99 Å². The Morgan fingerprint density at radius 2 is 2.18 bits per heavy atom. The molecule has 0 aliphatic rings. The second kappa shape index (κ2) is 4.71. The zero-order valence-electron chi connectivity index (χ0n) is 7.37. The first-order valence-electron chi connectivity index (χ1n) is 3.35. The lowest BCUT2D eigenvalue weighted by Crippen LogP contribution is -2.18. The average Bonchev–Trinajstić information content (AvgIpc) is 1.98. The van der Waals surface area contributed by atoms with Crippen LogP contribution in [0.25, 0.3) is 0 Å². The first-order valence-corrected chi connectivity index (χ1v) is 3.35. The summed E-state index contributed by atoms with van der Waals surface area (Å²) in [5, 5.41) is 0. The molecule has 0 rings (SSSR count). The number of hydrogen-bond donors (Lipinski definition) is 0. The minimum absolute atomic E-state index is 0.317. The first kappa shape index (κ1) is 9.94. The van der Waals surface area contributed by atoms with Crippen LogP contribution in [0.1, 0.15) is 6.92 Å². The van der Waals surface area contributed by atoms with Crippen LogP contribution in [0, 0.1) is 0 Å². The Labute approximate surface area is 66.9 Å². The molecule has 0 aliphatic carbocycles. The molecule has 0 aromatic rings. The van der Waals surface area contributed by atoms with E-state index in [1.54, 1.807) is 18.2 Å². The Bertz CT molecular complexity index is 155. The lowest BCUT2D eigenvalue weighted by molar-refractivity contribution is -0.141. The zero-order valence-corrected chi connectivity index (χ0v) is 7.37. The maximum Gasteiger partial charge on any atom is 0.330 e. The summed E-state index contributed by atoms with van der Waals surface area (Å²) in [6.07, 6.45) is 1.58. The number of aliphatic imine (C=N–C) groups is 1. The van der Waals surface area contributed by atoms with Crippen LogP contribution >= 0.6 is 0 Å². The zero-order chi connectivity index (χ0) is 8.85. The van der Waals surface area contributed by atoms with Crippen molar-refractivity contribution in [3.8, 4) is 0 Å². The molecule has 0 aromatic heterocycles. The van der Waals surface area contributed by atoms with Gasteiger partial charge in [0.1, 0.15) is 6.04 Å². The molecule has 0 aliphatic heterocycles. The molecule has 1 atom stereocenters. The van der Waals surface area contributed by atoms with Gasteiger partial charge in [-0.3, -0.25) is 4.99 Å². The van der Waals surface area contributed by atoms with E-state index in [4.69, 9.17) is 0 Å². The standard InChI is InChI=1S/C7H14N2O2/c1-6(7(10)11-4)8-5-9(2)3/h5-6H,1-4H3/t6-/m0/s1. The molecule has 0 bridgehead atoms. The first-order chi connectivity index (χ1) is 5.07. The topological polar surface area (TPSA) is 41.9 Å². The van der Waals surface area contributed by atoms with E-state index in [1.165, 1.54) is 7.11 Å². The van der Waals surface area contributed by atoms with Gasteiger partial charge in [-0.05, 0) is 6.92 Å². The highest BCUT2D eigenvalue weighted by Crippen LogP contribution is 1.90. The van der Waals surface area contributed by atoms with Gasteiger partial charge in [0.2, 0.25) is 0 Å². The van der Waals surface area contributed by atoms with E-state index in [1.807, 2.05) is 14.1 Å². The molecule has 11 heavy (non-hydrogen) atoms. The lowest BCUT2D eigenvalue weighted by Gasteiger charge is -2.06. The van der Waals surface area contributed by atoms with Gasteiger partial charge in [0, 0.05) is 14.1 Å². The molecule has 0 unspecified atom stereocenters. The van der Waals surface area contributed by atoms with Gasteiger partial charge in [0.15, 0.2) is 0 Å². The van der Waals surface area contributed by atoms with E-state index < -0.39 is 6.04 Å². The summed E-state index contributed by atoms with van der Waals surface area (Å²) in [6.45, 7) is 1.69. The van der Waals surface area contributed by atoms with Gasteiger partial charge >= 0.3 is 5.97 Å². The van der Waals surface area contributed by atoms with Gasteiger partial charge in [-0.25, -0.2) is 4.79 Å². The molecule has 64 valence electrons. The van der Waals surface area contributed by atoms with Gasteiger partial charge in [0.25, 0.3) is 0 Å². The van der Waals surface area contributed by atoms with Gasteiger partial charge in [-0.1, -0.05) is 0 Å². The Morgan fingerprint density at radius 1 is 1.64 bits per heavy atom. The number of nitrogens with zero attached hydrogens (tertiary/aromatic N) is 2. The number of rotatable bonds is 3. The van der Waals surface area contributed by atoms with E-state index >= 15 is 0 Å². The predicted octanol–water partition coefficient (Wildman–Crippen LogP) is 0.138. The Hall–Kier alpha value is -1.06. The van der Waals surface area contributed by atoms with Gasteiger partial charge < -0.3 is 9.64 Å². The Kier molecular flexibility index (Phi) is 4.26. The molecule has 0 radical (unpaired) electrons. The fourth-order valence-electron chi connectivity index (χ4n) is 0.465. The summed E-state index contributed by atoms with van der Waals surface area (Å²) in [5.74, 6) is -0.317. The predicted molar refractivity (Wildman–Crippen MR) is 43.7 cm³/mol. The number of ether oxygens (including phenoxy) is 1. The highest BCUT2D eigenvalue weighted by molar-refractivity contribution is 5.77. The number of carbonyl (C=O) groups is 1. The van der Waals surface area contributed by atoms with Crippen molar-refractivity contribution < 1.29 is 9.53 Å².